The zero-order chi connectivity index (χ0) is 12.4. The number of aromatic amines is 1. The van der Waals surface area contributed by atoms with E-state index in [0.717, 1.165) is 42.4 Å². The van der Waals surface area contributed by atoms with Crippen LogP contribution in [0.5, 0.6) is 0 Å². The van der Waals surface area contributed by atoms with Gasteiger partial charge in [-0.3, -0.25) is 4.79 Å². The van der Waals surface area contributed by atoms with Crippen molar-refractivity contribution in [2.75, 3.05) is 13.1 Å². The van der Waals surface area contributed by atoms with Gasteiger partial charge in [0.15, 0.2) is 0 Å². The Kier molecular flexibility index (Phi) is 3.02. The molecule has 0 spiro atoms. The van der Waals surface area contributed by atoms with Gasteiger partial charge in [-0.1, -0.05) is 0 Å². The average Bonchev–Trinajstić information content (AvgIpc) is 2.87. The summed E-state index contributed by atoms with van der Waals surface area (Å²) in [5.41, 5.74) is 1.80. The monoisotopic (exact) mass is 243 g/mol. The fourth-order valence-corrected chi connectivity index (χ4v) is 2.43. The Labute approximate surface area is 106 Å². The fourth-order valence-electron chi connectivity index (χ4n) is 2.43. The van der Waals surface area contributed by atoms with Crippen molar-refractivity contribution in [3.63, 3.8) is 0 Å². The molecule has 1 aromatic heterocycles. The van der Waals surface area contributed by atoms with Gasteiger partial charge in [0.1, 0.15) is 0 Å². The molecule has 0 bridgehead atoms. The highest BCUT2D eigenvalue weighted by atomic mass is 16.1. The summed E-state index contributed by atoms with van der Waals surface area (Å²) in [5.74, 6) is 0.0324. The van der Waals surface area contributed by atoms with E-state index < -0.39 is 0 Å². The van der Waals surface area contributed by atoms with Crippen LogP contribution in [0.1, 0.15) is 23.2 Å². The summed E-state index contributed by atoms with van der Waals surface area (Å²) >= 11 is 0. The van der Waals surface area contributed by atoms with E-state index >= 15 is 0 Å². The van der Waals surface area contributed by atoms with Gasteiger partial charge in [-0.2, -0.15) is 0 Å². The number of H-pyrrole nitrogens is 1. The van der Waals surface area contributed by atoms with Crippen LogP contribution in [0.15, 0.2) is 30.5 Å². The van der Waals surface area contributed by atoms with E-state index in [0.29, 0.717) is 6.04 Å². The van der Waals surface area contributed by atoms with Crippen LogP contribution < -0.4 is 10.6 Å². The van der Waals surface area contributed by atoms with E-state index in [9.17, 15) is 4.79 Å². The van der Waals surface area contributed by atoms with Gasteiger partial charge < -0.3 is 15.6 Å². The van der Waals surface area contributed by atoms with Crippen molar-refractivity contribution in [2.24, 2.45) is 0 Å². The third-order valence-corrected chi connectivity index (χ3v) is 3.49. The number of amides is 1. The maximum Gasteiger partial charge on any atom is 0.251 e. The van der Waals surface area contributed by atoms with E-state index in [2.05, 4.69) is 15.6 Å². The molecule has 4 heteroatoms. The fraction of sp³-hybridized carbons (Fsp3) is 0.357. The minimum atomic E-state index is 0.0324. The van der Waals surface area contributed by atoms with Crippen LogP contribution in [-0.4, -0.2) is 30.0 Å². The molecule has 3 N–H and O–H groups in total. The van der Waals surface area contributed by atoms with E-state index in [1.807, 2.05) is 30.5 Å². The summed E-state index contributed by atoms with van der Waals surface area (Å²) < 4.78 is 0. The van der Waals surface area contributed by atoms with Crippen molar-refractivity contribution in [2.45, 2.75) is 18.9 Å². The number of fused-ring (bicyclic) bond motifs is 1. The highest BCUT2D eigenvalue weighted by molar-refractivity contribution is 5.98. The number of carbonyl (C=O) groups excluding carboxylic acids is 1. The van der Waals surface area contributed by atoms with Gasteiger partial charge in [0.2, 0.25) is 0 Å². The number of hydrogen-bond acceptors (Lipinski definition) is 2. The minimum Gasteiger partial charge on any atom is -0.361 e. The summed E-state index contributed by atoms with van der Waals surface area (Å²) in [6.45, 7) is 1.98. The first-order valence-corrected chi connectivity index (χ1v) is 6.42. The van der Waals surface area contributed by atoms with E-state index in [4.69, 9.17) is 0 Å². The van der Waals surface area contributed by atoms with Crippen molar-refractivity contribution in [1.82, 2.24) is 15.6 Å². The van der Waals surface area contributed by atoms with Crippen molar-refractivity contribution >= 4 is 16.8 Å². The molecule has 0 unspecified atom stereocenters. The molecule has 1 fully saturated rings. The number of nitrogens with one attached hydrogen (secondary N) is 3. The molecule has 0 aliphatic carbocycles. The summed E-state index contributed by atoms with van der Waals surface area (Å²) in [7, 11) is 0. The standard InChI is InChI=1S/C14H17N3O/c18-14(17-12-4-6-15-7-5-12)11-1-2-13-10(9-11)3-8-16-13/h1-3,8-9,12,15-16H,4-7H2,(H,17,18). The van der Waals surface area contributed by atoms with Gasteiger partial charge in [-0.25, -0.2) is 0 Å². The first-order valence-electron chi connectivity index (χ1n) is 6.42. The van der Waals surface area contributed by atoms with E-state index in [1.165, 1.54) is 0 Å². The Bertz CT molecular complexity index is 555. The molecule has 4 nitrogen and oxygen atoms in total. The maximum absolute atomic E-state index is 12.1. The van der Waals surface area contributed by atoms with Crippen molar-refractivity contribution in [3.05, 3.63) is 36.0 Å². The second-order valence-electron chi connectivity index (χ2n) is 4.78. The van der Waals surface area contributed by atoms with Gasteiger partial charge in [0, 0.05) is 28.7 Å². The van der Waals surface area contributed by atoms with Gasteiger partial charge in [0.05, 0.1) is 0 Å². The molecule has 0 radical (unpaired) electrons. The molecular weight excluding hydrogens is 226 g/mol. The number of benzene rings is 1. The number of piperidine rings is 1. The lowest BCUT2D eigenvalue weighted by atomic mass is 10.1. The summed E-state index contributed by atoms with van der Waals surface area (Å²) in [5, 5.41) is 7.47. The number of aromatic nitrogens is 1. The van der Waals surface area contributed by atoms with Gasteiger partial charge in [-0.15, -0.1) is 0 Å². The highest BCUT2D eigenvalue weighted by Gasteiger charge is 2.16. The zero-order valence-electron chi connectivity index (χ0n) is 10.2. The second-order valence-corrected chi connectivity index (χ2v) is 4.78. The van der Waals surface area contributed by atoms with Crippen molar-refractivity contribution < 1.29 is 4.79 Å². The Balaban J connectivity index is 1.74. The Morgan fingerprint density at radius 1 is 1.22 bits per heavy atom. The first-order chi connectivity index (χ1) is 8.83. The maximum atomic E-state index is 12.1. The topological polar surface area (TPSA) is 56.9 Å². The quantitative estimate of drug-likeness (QED) is 0.751. The van der Waals surface area contributed by atoms with Crippen molar-refractivity contribution in [3.8, 4) is 0 Å². The van der Waals surface area contributed by atoms with E-state index in [-0.39, 0.29) is 5.91 Å². The second kappa shape index (κ2) is 4.82. The summed E-state index contributed by atoms with van der Waals surface area (Å²) in [6, 6.07) is 8.04. The molecule has 0 atom stereocenters. The largest absolute Gasteiger partial charge is 0.361 e. The molecule has 1 aliphatic rings. The average molecular weight is 243 g/mol. The Morgan fingerprint density at radius 2 is 2.06 bits per heavy atom. The third kappa shape index (κ3) is 2.24. The first kappa shape index (κ1) is 11.3. The van der Waals surface area contributed by atoms with E-state index in [1.54, 1.807) is 0 Å². The lowest BCUT2D eigenvalue weighted by Crippen LogP contribution is -2.42. The number of carbonyl (C=O) groups is 1. The summed E-state index contributed by atoms with van der Waals surface area (Å²) in [4.78, 5) is 15.3. The molecule has 1 aromatic carbocycles. The molecule has 1 aliphatic heterocycles. The molecule has 94 valence electrons. The van der Waals surface area contributed by atoms with Crippen LogP contribution in [-0.2, 0) is 0 Å². The molecule has 1 amide bonds. The lowest BCUT2D eigenvalue weighted by molar-refractivity contribution is 0.0929. The predicted molar refractivity (Wildman–Crippen MR) is 71.7 cm³/mol. The lowest BCUT2D eigenvalue weighted by Gasteiger charge is -2.23. The highest BCUT2D eigenvalue weighted by Crippen LogP contribution is 2.14. The molecule has 2 heterocycles. The Hall–Kier alpha value is -1.81. The molecule has 18 heavy (non-hydrogen) atoms. The molecule has 1 saturated heterocycles. The molecule has 3 rings (SSSR count). The van der Waals surface area contributed by atoms with Gasteiger partial charge in [0.25, 0.3) is 5.91 Å². The van der Waals surface area contributed by atoms with Gasteiger partial charge in [-0.05, 0) is 50.2 Å². The predicted octanol–water partition coefficient (Wildman–Crippen LogP) is 1.65. The van der Waals surface area contributed by atoms with Crippen LogP contribution in [0.2, 0.25) is 0 Å². The van der Waals surface area contributed by atoms with Crippen LogP contribution >= 0.6 is 0 Å². The number of hydrogen-bond donors (Lipinski definition) is 3. The zero-order valence-corrected chi connectivity index (χ0v) is 10.2. The Morgan fingerprint density at radius 3 is 2.89 bits per heavy atom. The van der Waals surface area contributed by atoms with Crippen molar-refractivity contribution in [1.29, 1.82) is 0 Å². The molecular formula is C14H17N3O. The molecule has 0 saturated carbocycles. The van der Waals surface area contributed by atoms with Crippen LogP contribution in [0.4, 0.5) is 0 Å². The molecule has 2 aromatic rings. The van der Waals surface area contributed by atoms with Gasteiger partial charge >= 0.3 is 0 Å². The summed E-state index contributed by atoms with van der Waals surface area (Å²) in [6.07, 6.45) is 3.91. The van der Waals surface area contributed by atoms with Crippen LogP contribution in [0.3, 0.4) is 0 Å². The number of rotatable bonds is 2. The van der Waals surface area contributed by atoms with Crippen LogP contribution in [0, 0.1) is 0 Å². The van der Waals surface area contributed by atoms with Crippen LogP contribution in [0.25, 0.3) is 10.9 Å². The third-order valence-electron chi connectivity index (χ3n) is 3.49. The smallest absolute Gasteiger partial charge is 0.251 e. The SMILES string of the molecule is O=C(NC1CCNCC1)c1ccc2[nH]ccc2c1. The normalized spacial score (nSPS) is 16.9. The minimum absolute atomic E-state index is 0.0324.